The Balaban J connectivity index is 1.46. The smallest absolute Gasteiger partial charge is 0.258 e. The van der Waals surface area contributed by atoms with Crippen molar-refractivity contribution in [1.82, 2.24) is 10.2 Å². The van der Waals surface area contributed by atoms with E-state index in [0.717, 1.165) is 16.5 Å². The lowest BCUT2D eigenvalue weighted by atomic mass is 10.0. The lowest BCUT2D eigenvalue weighted by molar-refractivity contribution is 0.102. The minimum absolute atomic E-state index is 0.200. The van der Waals surface area contributed by atoms with Crippen molar-refractivity contribution in [2.45, 2.75) is 6.61 Å². The van der Waals surface area contributed by atoms with Crippen molar-refractivity contribution in [3.8, 4) is 5.75 Å². The summed E-state index contributed by atoms with van der Waals surface area (Å²) >= 11 is 1.30. The molecule has 1 aromatic heterocycles. The number of benzene rings is 3. The molecule has 0 unspecified atom stereocenters. The second-order valence-electron chi connectivity index (χ2n) is 5.58. The van der Waals surface area contributed by atoms with Crippen LogP contribution in [0.4, 0.5) is 5.13 Å². The number of rotatable bonds is 5. The first-order chi connectivity index (χ1) is 12.8. The van der Waals surface area contributed by atoms with Crippen molar-refractivity contribution in [2.24, 2.45) is 0 Å². The van der Waals surface area contributed by atoms with E-state index >= 15 is 0 Å². The molecular formula is C20H15N3O2S. The molecular weight excluding hydrogens is 346 g/mol. The number of amides is 1. The number of carbonyl (C=O) groups excluding carboxylic acids is 1. The Bertz CT molecular complexity index is 1040. The van der Waals surface area contributed by atoms with E-state index in [1.165, 1.54) is 11.3 Å². The lowest BCUT2D eigenvalue weighted by Crippen LogP contribution is -2.12. The van der Waals surface area contributed by atoms with Crippen molar-refractivity contribution < 1.29 is 9.53 Å². The normalized spacial score (nSPS) is 10.6. The van der Waals surface area contributed by atoms with Crippen LogP contribution >= 0.6 is 11.3 Å². The summed E-state index contributed by atoms with van der Waals surface area (Å²) in [6.07, 6.45) is 0. The van der Waals surface area contributed by atoms with E-state index in [1.54, 1.807) is 6.07 Å². The molecule has 4 rings (SSSR count). The minimum atomic E-state index is -0.200. The SMILES string of the molecule is O=C(Nc1nnc(COc2ccccc2)s1)c1cccc2ccccc12. The Morgan fingerprint density at radius 2 is 1.69 bits per heavy atom. The third-order valence-corrected chi connectivity index (χ3v) is 4.64. The summed E-state index contributed by atoms with van der Waals surface area (Å²) in [6, 6.07) is 22.9. The second kappa shape index (κ2) is 7.33. The van der Waals surface area contributed by atoms with E-state index in [2.05, 4.69) is 15.5 Å². The molecule has 3 aromatic carbocycles. The van der Waals surface area contributed by atoms with Gasteiger partial charge in [0.05, 0.1) is 0 Å². The predicted molar refractivity (Wildman–Crippen MR) is 103 cm³/mol. The molecule has 0 radical (unpaired) electrons. The van der Waals surface area contributed by atoms with Gasteiger partial charge in [0.2, 0.25) is 5.13 Å². The van der Waals surface area contributed by atoms with Crippen LogP contribution in [0.5, 0.6) is 5.75 Å². The molecule has 128 valence electrons. The highest BCUT2D eigenvalue weighted by molar-refractivity contribution is 7.15. The number of anilines is 1. The molecule has 0 bridgehead atoms. The maximum Gasteiger partial charge on any atom is 0.258 e. The van der Waals surface area contributed by atoms with Gasteiger partial charge in [-0.1, -0.05) is 65.9 Å². The quantitative estimate of drug-likeness (QED) is 0.567. The molecule has 0 atom stereocenters. The fraction of sp³-hybridized carbons (Fsp3) is 0.0500. The fourth-order valence-electron chi connectivity index (χ4n) is 2.61. The van der Waals surface area contributed by atoms with Crippen molar-refractivity contribution in [3.05, 3.63) is 83.4 Å². The summed E-state index contributed by atoms with van der Waals surface area (Å²) in [5.74, 6) is 0.567. The van der Waals surface area contributed by atoms with Crippen molar-refractivity contribution in [2.75, 3.05) is 5.32 Å². The van der Waals surface area contributed by atoms with Gasteiger partial charge in [-0.2, -0.15) is 0 Å². The number of hydrogen-bond acceptors (Lipinski definition) is 5. The molecule has 0 fully saturated rings. The third kappa shape index (κ3) is 3.55. The largest absolute Gasteiger partial charge is 0.486 e. The highest BCUT2D eigenvalue weighted by atomic mass is 32.1. The number of nitrogens with zero attached hydrogens (tertiary/aromatic N) is 2. The van der Waals surface area contributed by atoms with Gasteiger partial charge in [-0.25, -0.2) is 0 Å². The molecule has 0 saturated carbocycles. The van der Waals surface area contributed by atoms with Gasteiger partial charge in [-0.05, 0) is 29.0 Å². The molecule has 1 N–H and O–H groups in total. The van der Waals surface area contributed by atoms with Crippen molar-refractivity contribution in [3.63, 3.8) is 0 Å². The average molecular weight is 361 g/mol. The topological polar surface area (TPSA) is 64.1 Å². The van der Waals surface area contributed by atoms with Gasteiger partial charge in [0, 0.05) is 5.56 Å². The summed E-state index contributed by atoms with van der Waals surface area (Å²) < 4.78 is 5.65. The molecule has 0 saturated heterocycles. The molecule has 26 heavy (non-hydrogen) atoms. The van der Waals surface area contributed by atoms with Crippen molar-refractivity contribution in [1.29, 1.82) is 0 Å². The average Bonchev–Trinajstić information content (AvgIpc) is 3.14. The molecule has 0 aliphatic rings. The summed E-state index contributed by atoms with van der Waals surface area (Å²) in [6.45, 7) is 0.311. The molecule has 6 heteroatoms. The monoisotopic (exact) mass is 361 g/mol. The van der Waals surface area contributed by atoms with Gasteiger partial charge in [0.1, 0.15) is 12.4 Å². The Kier molecular flexibility index (Phi) is 4.57. The number of aromatic nitrogens is 2. The minimum Gasteiger partial charge on any atom is -0.486 e. The van der Waals surface area contributed by atoms with Gasteiger partial charge in [0.15, 0.2) is 5.01 Å². The summed E-state index contributed by atoms with van der Waals surface area (Å²) in [7, 11) is 0. The van der Waals surface area contributed by atoms with Crippen LogP contribution in [0.2, 0.25) is 0 Å². The van der Waals surface area contributed by atoms with Crippen LogP contribution in [0.25, 0.3) is 10.8 Å². The summed E-state index contributed by atoms with van der Waals surface area (Å²) in [4.78, 5) is 12.6. The van der Waals surface area contributed by atoms with Crippen LogP contribution in [0.15, 0.2) is 72.8 Å². The molecule has 0 spiro atoms. The van der Waals surface area contributed by atoms with Gasteiger partial charge >= 0.3 is 0 Å². The van der Waals surface area contributed by atoms with Gasteiger partial charge < -0.3 is 4.74 Å². The molecule has 1 heterocycles. The zero-order valence-electron chi connectivity index (χ0n) is 13.8. The maximum atomic E-state index is 12.6. The number of ether oxygens (including phenoxy) is 1. The zero-order chi connectivity index (χ0) is 17.8. The van der Waals surface area contributed by atoms with E-state index < -0.39 is 0 Å². The first-order valence-corrected chi connectivity index (χ1v) is 8.90. The zero-order valence-corrected chi connectivity index (χ0v) is 14.6. The summed E-state index contributed by atoms with van der Waals surface area (Å²) in [5, 5.41) is 14.0. The summed E-state index contributed by atoms with van der Waals surface area (Å²) in [5.41, 5.74) is 0.611. The van der Waals surface area contributed by atoms with Crippen LogP contribution in [0, 0.1) is 0 Å². The Hall–Kier alpha value is -3.25. The van der Waals surface area contributed by atoms with E-state index in [0.29, 0.717) is 22.3 Å². The number of carbonyl (C=O) groups is 1. The first kappa shape index (κ1) is 16.2. The molecule has 1 amide bonds. The van der Waals surface area contributed by atoms with E-state index in [-0.39, 0.29) is 5.91 Å². The maximum absolute atomic E-state index is 12.6. The Morgan fingerprint density at radius 3 is 2.58 bits per heavy atom. The van der Waals surface area contributed by atoms with Gasteiger partial charge in [0.25, 0.3) is 5.91 Å². The molecule has 4 aromatic rings. The highest BCUT2D eigenvalue weighted by Crippen LogP contribution is 2.22. The fourth-order valence-corrected chi connectivity index (χ4v) is 3.26. The second-order valence-corrected chi connectivity index (χ2v) is 6.65. The Labute approximate surface area is 154 Å². The van der Waals surface area contributed by atoms with Crippen molar-refractivity contribution >= 4 is 33.1 Å². The highest BCUT2D eigenvalue weighted by Gasteiger charge is 2.13. The van der Waals surface area contributed by atoms with Crippen LogP contribution in [0.1, 0.15) is 15.4 Å². The molecule has 5 nitrogen and oxygen atoms in total. The number of nitrogens with one attached hydrogen (secondary N) is 1. The van der Waals surface area contributed by atoms with E-state index in [1.807, 2.05) is 66.7 Å². The Morgan fingerprint density at radius 1 is 0.923 bits per heavy atom. The molecule has 0 aliphatic heterocycles. The van der Waals surface area contributed by atoms with E-state index in [4.69, 9.17) is 4.74 Å². The van der Waals surface area contributed by atoms with Crippen LogP contribution < -0.4 is 10.1 Å². The predicted octanol–water partition coefficient (Wildman–Crippen LogP) is 4.52. The third-order valence-electron chi connectivity index (χ3n) is 3.83. The van der Waals surface area contributed by atoms with Crippen LogP contribution in [-0.2, 0) is 6.61 Å². The van der Waals surface area contributed by atoms with Gasteiger partial charge in [-0.3, -0.25) is 10.1 Å². The van der Waals surface area contributed by atoms with E-state index in [9.17, 15) is 4.79 Å². The number of para-hydroxylation sites is 1. The van der Waals surface area contributed by atoms with Gasteiger partial charge in [-0.15, -0.1) is 10.2 Å². The number of fused-ring (bicyclic) bond motifs is 1. The standard InChI is InChI=1S/C20H15N3O2S/c24-19(17-12-6-8-14-7-4-5-11-16(14)17)21-20-23-22-18(26-20)13-25-15-9-2-1-3-10-15/h1-12H,13H2,(H,21,23,24). The molecule has 0 aliphatic carbocycles. The lowest BCUT2D eigenvalue weighted by Gasteiger charge is -2.05. The van der Waals surface area contributed by atoms with Crippen LogP contribution in [-0.4, -0.2) is 16.1 Å². The first-order valence-electron chi connectivity index (χ1n) is 8.09. The van der Waals surface area contributed by atoms with Crippen LogP contribution in [0.3, 0.4) is 0 Å². The number of hydrogen-bond donors (Lipinski definition) is 1.